The molecule has 2 nitrogen and oxygen atoms in total. The lowest BCUT2D eigenvalue weighted by Gasteiger charge is -2.10. The van der Waals surface area contributed by atoms with Gasteiger partial charge in [0.15, 0.2) is 0 Å². The Labute approximate surface area is 105 Å². The number of hydrogen-bond donors (Lipinski definition) is 2. The lowest BCUT2D eigenvalue weighted by molar-refractivity contribution is 0.283. The summed E-state index contributed by atoms with van der Waals surface area (Å²) in [5, 5.41) is 12.1. The van der Waals surface area contributed by atoms with Crippen LogP contribution in [0.3, 0.4) is 0 Å². The lowest BCUT2D eigenvalue weighted by atomic mass is 10.2. The van der Waals surface area contributed by atoms with E-state index in [0.29, 0.717) is 6.61 Å². The molecule has 0 atom stereocenters. The summed E-state index contributed by atoms with van der Waals surface area (Å²) >= 11 is 2.35. The first kappa shape index (κ1) is 12.8. The molecule has 84 valence electrons. The number of benzene rings is 1. The van der Waals surface area contributed by atoms with Crippen LogP contribution in [0.15, 0.2) is 18.2 Å². The Hall–Kier alpha value is -0.290. The molecule has 0 aliphatic heterocycles. The van der Waals surface area contributed by atoms with E-state index in [4.69, 9.17) is 5.11 Å². The minimum absolute atomic E-state index is 0.308. The minimum Gasteiger partial charge on any atom is -0.396 e. The van der Waals surface area contributed by atoms with Gasteiger partial charge in [0.05, 0.1) is 0 Å². The molecule has 0 saturated heterocycles. The first-order chi connectivity index (χ1) is 7.25. The Balaban J connectivity index is 2.34. The van der Waals surface area contributed by atoms with Gasteiger partial charge in [-0.3, -0.25) is 0 Å². The van der Waals surface area contributed by atoms with Crippen molar-refractivity contribution < 1.29 is 5.11 Å². The Kier molecular flexibility index (Phi) is 6.02. The molecular weight excluding hydrogens is 301 g/mol. The first-order valence-electron chi connectivity index (χ1n) is 5.35. The Morgan fingerprint density at radius 2 is 2.07 bits per heavy atom. The fourth-order valence-electron chi connectivity index (χ4n) is 1.44. The highest BCUT2D eigenvalue weighted by molar-refractivity contribution is 14.1. The van der Waals surface area contributed by atoms with Gasteiger partial charge in [0.1, 0.15) is 0 Å². The number of halogens is 1. The van der Waals surface area contributed by atoms with E-state index in [1.807, 2.05) is 0 Å². The maximum Gasteiger partial charge on any atom is 0.0431 e. The predicted molar refractivity (Wildman–Crippen MR) is 73.3 cm³/mol. The number of nitrogens with one attached hydrogen (secondary N) is 1. The minimum atomic E-state index is 0.308. The number of hydrogen-bond acceptors (Lipinski definition) is 2. The molecule has 0 unspecified atom stereocenters. The van der Waals surface area contributed by atoms with Gasteiger partial charge >= 0.3 is 0 Å². The summed E-state index contributed by atoms with van der Waals surface area (Å²) in [5.74, 6) is 0. The fraction of sp³-hybridized carbons (Fsp3) is 0.500. The summed E-state index contributed by atoms with van der Waals surface area (Å²) in [7, 11) is 0. The highest BCUT2D eigenvalue weighted by Gasteiger charge is 1.99. The summed E-state index contributed by atoms with van der Waals surface area (Å²) in [6.07, 6.45) is 3.12. The van der Waals surface area contributed by atoms with Crippen LogP contribution in [0.25, 0.3) is 0 Å². The average molecular weight is 319 g/mol. The van der Waals surface area contributed by atoms with Crippen LogP contribution in [-0.4, -0.2) is 18.3 Å². The highest BCUT2D eigenvalue weighted by atomic mass is 127. The summed E-state index contributed by atoms with van der Waals surface area (Å²) < 4.78 is 1.30. The van der Waals surface area contributed by atoms with Crippen LogP contribution in [-0.2, 0) is 0 Å². The van der Waals surface area contributed by atoms with Gasteiger partial charge in [0.25, 0.3) is 0 Å². The molecule has 0 bridgehead atoms. The third-order valence-electron chi connectivity index (χ3n) is 2.42. The van der Waals surface area contributed by atoms with E-state index in [1.165, 1.54) is 14.8 Å². The molecule has 1 aromatic rings. The van der Waals surface area contributed by atoms with Crippen molar-refractivity contribution in [1.29, 1.82) is 0 Å². The van der Waals surface area contributed by atoms with E-state index in [0.717, 1.165) is 25.8 Å². The maximum atomic E-state index is 8.64. The van der Waals surface area contributed by atoms with Gasteiger partial charge in [-0.05, 0) is 66.5 Å². The molecule has 0 radical (unpaired) electrons. The molecule has 2 N–H and O–H groups in total. The molecule has 15 heavy (non-hydrogen) atoms. The predicted octanol–water partition coefficient (Wildman–Crippen LogP) is 3.17. The molecule has 0 fully saturated rings. The monoisotopic (exact) mass is 319 g/mol. The van der Waals surface area contributed by atoms with Crippen LogP contribution in [0.2, 0.25) is 0 Å². The maximum absolute atomic E-state index is 8.64. The number of aliphatic hydroxyl groups is 1. The van der Waals surface area contributed by atoms with Crippen molar-refractivity contribution in [3.05, 3.63) is 27.3 Å². The summed E-state index contributed by atoms with van der Waals surface area (Å²) in [6.45, 7) is 3.43. The van der Waals surface area contributed by atoms with Crippen LogP contribution in [0.5, 0.6) is 0 Å². The van der Waals surface area contributed by atoms with Crippen LogP contribution in [0.4, 0.5) is 5.69 Å². The van der Waals surface area contributed by atoms with Gasteiger partial charge in [-0.2, -0.15) is 0 Å². The van der Waals surface area contributed by atoms with Crippen LogP contribution in [0.1, 0.15) is 24.8 Å². The van der Waals surface area contributed by atoms with E-state index in [2.05, 4.69) is 53.0 Å². The molecule has 0 spiro atoms. The zero-order valence-electron chi connectivity index (χ0n) is 9.09. The summed E-state index contributed by atoms with van der Waals surface area (Å²) in [6, 6.07) is 6.31. The second-order valence-electron chi connectivity index (χ2n) is 3.62. The van der Waals surface area contributed by atoms with Crippen molar-refractivity contribution in [2.75, 3.05) is 18.5 Å². The molecule has 0 aliphatic rings. The van der Waals surface area contributed by atoms with E-state index >= 15 is 0 Å². The molecule has 3 heteroatoms. The zero-order chi connectivity index (χ0) is 11.1. The number of anilines is 1. The Bertz CT molecular complexity index is 302. The smallest absolute Gasteiger partial charge is 0.0431 e. The van der Waals surface area contributed by atoms with E-state index < -0.39 is 0 Å². The van der Waals surface area contributed by atoms with Crippen molar-refractivity contribution in [2.45, 2.75) is 26.2 Å². The largest absolute Gasteiger partial charge is 0.396 e. The second kappa shape index (κ2) is 7.06. The number of rotatable bonds is 6. The Morgan fingerprint density at radius 3 is 2.80 bits per heavy atom. The van der Waals surface area contributed by atoms with Crippen molar-refractivity contribution in [3.63, 3.8) is 0 Å². The second-order valence-corrected chi connectivity index (χ2v) is 4.79. The van der Waals surface area contributed by atoms with Crippen molar-refractivity contribution >= 4 is 28.3 Å². The fourth-order valence-corrected chi connectivity index (χ4v) is 1.93. The average Bonchev–Trinajstić information content (AvgIpc) is 2.24. The quantitative estimate of drug-likeness (QED) is 0.623. The van der Waals surface area contributed by atoms with Crippen LogP contribution >= 0.6 is 22.6 Å². The molecule has 1 aromatic carbocycles. The van der Waals surface area contributed by atoms with Crippen molar-refractivity contribution in [3.8, 4) is 0 Å². The van der Waals surface area contributed by atoms with E-state index in [9.17, 15) is 0 Å². The molecule has 0 amide bonds. The summed E-state index contributed by atoms with van der Waals surface area (Å²) in [5.41, 5.74) is 2.55. The third kappa shape index (κ3) is 4.38. The van der Waals surface area contributed by atoms with E-state index in [1.54, 1.807) is 0 Å². The van der Waals surface area contributed by atoms with E-state index in [-0.39, 0.29) is 0 Å². The van der Waals surface area contributed by atoms with Crippen molar-refractivity contribution in [2.24, 2.45) is 0 Å². The summed E-state index contributed by atoms with van der Waals surface area (Å²) in [4.78, 5) is 0. The van der Waals surface area contributed by atoms with Gasteiger partial charge in [-0.25, -0.2) is 0 Å². The normalized spacial score (nSPS) is 10.3. The Morgan fingerprint density at radius 1 is 1.27 bits per heavy atom. The van der Waals surface area contributed by atoms with Gasteiger partial charge < -0.3 is 10.4 Å². The highest BCUT2D eigenvalue weighted by Crippen LogP contribution is 2.20. The van der Waals surface area contributed by atoms with Gasteiger partial charge in [0.2, 0.25) is 0 Å². The molecule has 0 saturated carbocycles. The molecule has 0 aromatic heterocycles. The standard InChI is InChI=1S/C12H18INO/c1-10-11(13)6-5-7-12(10)14-8-3-2-4-9-15/h5-7,14-15H,2-4,8-9H2,1H3. The lowest BCUT2D eigenvalue weighted by Crippen LogP contribution is -2.03. The van der Waals surface area contributed by atoms with Crippen LogP contribution < -0.4 is 5.32 Å². The third-order valence-corrected chi connectivity index (χ3v) is 3.59. The SMILES string of the molecule is Cc1c(I)cccc1NCCCCCO. The van der Waals surface area contributed by atoms with Gasteiger partial charge in [-0.15, -0.1) is 0 Å². The molecule has 0 heterocycles. The topological polar surface area (TPSA) is 32.3 Å². The van der Waals surface area contributed by atoms with Crippen molar-refractivity contribution in [1.82, 2.24) is 0 Å². The molecule has 0 aliphatic carbocycles. The number of unbranched alkanes of at least 4 members (excludes halogenated alkanes) is 2. The van der Waals surface area contributed by atoms with Gasteiger partial charge in [-0.1, -0.05) is 6.07 Å². The molecule has 1 rings (SSSR count). The van der Waals surface area contributed by atoms with Crippen LogP contribution in [0, 0.1) is 10.5 Å². The zero-order valence-corrected chi connectivity index (χ0v) is 11.3. The first-order valence-corrected chi connectivity index (χ1v) is 6.43. The van der Waals surface area contributed by atoms with Gasteiger partial charge in [0, 0.05) is 22.4 Å². The molecular formula is C12H18INO. The number of aliphatic hydroxyl groups excluding tert-OH is 1.